The molecule has 1 aromatic heterocycles. The largest absolute Gasteiger partial charge is 0.492 e. The Balaban J connectivity index is 0.000000698. The molecule has 2 aromatic rings. The van der Waals surface area contributed by atoms with Crippen molar-refractivity contribution in [3.63, 3.8) is 0 Å². The number of anilines is 2. The summed E-state index contributed by atoms with van der Waals surface area (Å²) >= 11 is 0. The Morgan fingerprint density at radius 2 is 1.74 bits per heavy atom. The summed E-state index contributed by atoms with van der Waals surface area (Å²) in [6.07, 6.45) is 1.35. The first-order valence-corrected chi connectivity index (χ1v) is 12.6. The van der Waals surface area contributed by atoms with Gasteiger partial charge in [-0.15, -0.1) is 0 Å². The zero-order valence-electron chi connectivity index (χ0n) is 22.4. The van der Waals surface area contributed by atoms with Gasteiger partial charge in [0.1, 0.15) is 24.0 Å². The van der Waals surface area contributed by atoms with Crippen molar-refractivity contribution in [2.24, 2.45) is 0 Å². The van der Waals surface area contributed by atoms with Crippen LogP contribution >= 0.6 is 0 Å². The number of pyridine rings is 1. The first-order chi connectivity index (χ1) is 16.5. The normalized spacial score (nSPS) is 12.6. The molecule has 0 spiro atoms. The molecule has 34 heavy (non-hydrogen) atoms. The molecule has 1 fully saturated rings. The maximum Gasteiger partial charge on any atom is 0.134 e. The van der Waals surface area contributed by atoms with Crippen LogP contribution in [0.25, 0.3) is 0 Å². The third-order valence-electron chi connectivity index (χ3n) is 4.88. The number of nitrogens with zero attached hydrogens (tertiary/aromatic N) is 3. The van der Waals surface area contributed by atoms with E-state index in [-0.39, 0.29) is 0 Å². The first-order valence-electron chi connectivity index (χ1n) is 12.6. The highest BCUT2D eigenvalue weighted by Crippen LogP contribution is 2.22. The summed E-state index contributed by atoms with van der Waals surface area (Å²) in [5, 5.41) is 6.92. The van der Waals surface area contributed by atoms with Crippen LogP contribution in [0.4, 0.5) is 11.6 Å². The van der Waals surface area contributed by atoms with Crippen molar-refractivity contribution >= 4 is 17.9 Å². The molecule has 0 atom stereocenters. The third-order valence-corrected chi connectivity index (χ3v) is 4.88. The van der Waals surface area contributed by atoms with Crippen LogP contribution in [0.5, 0.6) is 5.75 Å². The molecule has 3 N–H and O–H groups in total. The van der Waals surface area contributed by atoms with Crippen LogP contribution in [-0.2, 0) is 4.74 Å². The lowest BCUT2D eigenvalue weighted by molar-refractivity contribution is 0.0322. The summed E-state index contributed by atoms with van der Waals surface area (Å²) in [6.45, 7) is 21.2. The molecule has 7 heteroatoms. The molecule has 0 bridgehead atoms. The van der Waals surface area contributed by atoms with Crippen LogP contribution in [0.15, 0.2) is 36.4 Å². The van der Waals surface area contributed by atoms with Crippen LogP contribution in [-0.4, -0.2) is 68.6 Å². The van der Waals surface area contributed by atoms with Crippen molar-refractivity contribution in [3.05, 3.63) is 47.5 Å². The lowest BCUT2D eigenvalue weighted by Gasteiger charge is -2.26. The molecule has 7 nitrogen and oxygen atoms in total. The summed E-state index contributed by atoms with van der Waals surface area (Å²) in [4.78, 5) is 8.88. The highest BCUT2D eigenvalue weighted by molar-refractivity contribution is 5.76. The second kappa shape index (κ2) is 19.8. The van der Waals surface area contributed by atoms with E-state index in [1.165, 1.54) is 11.8 Å². The number of hydrogen-bond donors (Lipinski definition) is 2. The molecular formula is C27H47N5O2. The Labute approximate surface area is 207 Å². The first kappa shape index (κ1) is 31.4. The highest BCUT2D eigenvalue weighted by Gasteiger charge is 2.11. The summed E-state index contributed by atoms with van der Waals surface area (Å²) < 4.78 is 11.2. The van der Waals surface area contributed by atoms with Gasteiger partial charge in [-0.2, -0.15) is 0 Å². The van der Waals surface area contributed by atoms with Crippen LogP contribution in [0, 0.1) is 12.3 Å². The molecule has 1 aliphatic rings. The number of aromatic nitrogens is 1. The van der Waals surface area contributed by atoms with E-state index in [2.05, 4.69) is 28.6 Å². The molecule has 0 saturated carbocycles. The van der Waals surface area contributed by atoms with Gasteiger partial charge < -0.3 is 25.5 Å². The molecule has 0 amide bonds. The van der Waals surface area contributed by atoms with Crippen molar-refractivity contribution in [1.29, 1.82) is 5.41 Å². The van der Waals surface area contributed by atoms with Gasteiger partial charge in [-0.3, -0.25) is 4.90 Å². The fourth-order valence-corrected chi connectivity index (χ4v) is 3.18. The SMILES string of the molecule is CC.CC.CCN(CC)c1cc(OCCN2CCOCC2)cc(N)n1.Cc1cccc(C=N)c1. The zero-order valence-corrected chi connectivity index (χ0v) is 22.4. The molecule has 2 heterocycles. The quantitative estimate of drug-likeness (QED) is 0.508. The summed E-state index contributed by atoms with van der Waals surface area (Å²) in [6, 6.07) is 11.6. The number of aryl methyl sites for hydroxylation is 1. The number of ether oxygens (including phenoxy) is 2. The van der Waals surface area contributed by atoms with Gasteiger partial charge in [0, 0.05) is 51.1 Å². The predicted molar refractivity (Wildman–Crippen MR) is 147 cm³/mol. The zero-order chi connectivity index (χ0) is 25.8. The Hall–Kier alpha value is -2.64. The van der Waals surface area contributed by atoms with E-state index in [9.17, 15) is 0 Å². The fourth-order valence-electron chi connectivity index (χ4n) is 3.18. The number of hydrogen-bond acceptors (Lipinski definition) is 7. The second-order valence-corrected chi connectivity index (χ2v) is 7.12. The highest BCUT2D eigenvalue weighted by atomic mass is 16.5. The van der Waals surface area contributed by atoms with Gasteiger partial charge in [-0.25, -0.2) is 4.98 Å². The monoisotopic (exact) mass is 473 g/mol. The van der Waals surface area contributed by atoms with Gasteiger partial charge in [0.05, 0.1) is 13.2 Å². The summed E-state index contributed by atoms with van der Waals surface area (Å²) in [5.41, 5.74) is 8.05. The smallest absolute Gasteiger partial charge is 0.134 e. The van der Waals surface area contributed by atoms with Gasteiger partial charge in [0.2, 0.25) is 0 Å². The molecule has 3 rings (SSSR count). The number of nitrogen functional groups attached to an aromatic ring is 1. The van der Waals surface area contributed by atoms with E-state index in [1.54, 1.807) is 6.07 Å². The number of nitrogens with two attached hydrogens (primary N) is 1. The molecule has 192 valence electrons. The van der Waals surface area contributed by atoms with Crippen molar-refractivity contribution in [2.75, 3.05) is 63.2 Å². The minimum absolute atomic E-state index is 0.501. The van der Waals surface area contributed by atoms with E-state index in [0.29, 0.717) is 12.4 Å². The molecular weight excluding hydrogens is 426 g/mol. The molecule has 0 unspecified atom stereocenters. The van der Waals surface area contributed by atoms with E-state index >= 15 is 0 Å². The summed E-state index contributed by atoms with van der Waals surface area (Å²) in [5.74, 6) is 2.17. The van der Waals surface area contributed by atoms with Gasteiger partial charge in [-0.1, -0.05) is 57.5 Å². The number of nitrogens with one attached hydrogen (secondary N) is 1. The average Bonchev–Trinajstić information content (AvgIpc) is 2.88. The Bertz CT molecular complexity index is 775. The van der Waals surface area contributed by atoms with E-state index < -0.39 is 0 Å². The van der Waals surface area contributed by atoms with Crippen LogP contribution in [0.3, 0.4) is 0 Å². The van der Waals surface area contributed by atoms with Crippen molar-refractivity contribution in [2.45, 2.75) is 48.5 Å². The van der Waals surface area contributed by atoms with Crippen molar-refractivity contribution in [3.8, 4) is 5.75 Å². The van der Waals surface area contributed by atoms with Gasteiger partial charge in [0.25, 0.3) is 0 Å². The number of rotatable bonds is 8. The van der Waals surface area contributed by atoms with E-state index in [4.69, 9.17) is 20.6 Å². The lowest BCUT2D eigenvalue weighted by Crippen LogP contribution is -2.38. The van der Waals surface area contributed by atoms with E-state index in [0.717, 1.165) is 63.1 Å². The van der Waals surface area contributed by atoms with Crippen LogP contribution < -0.4 is 15.4 Å². The molecule has 1 saturated heterocycles. The van der Waals surface area contributed by atoms with Crippen molar-refractivity contribution in [1.82, 2.24) is 9.88 Å². The average molecular weight is 474 g/mol. The maximum atomic E-state index is 6.92. The Kier molecular flexibility index (Phi) is 18.3. The molecule has 1 aromatic carbocycles. The van der Waals surface area contributed by atoms with Crippen LogP contribution in [0.1, 0.15) is 52.7 Å². The maximum absolute atomic E-state index is 6.92. The predicted octanol–water partition coefficient (Wildman–Crippen LogP) is 5.27. The minimum Gasteiger partial charge on any atom is -0.492 e. The molecule has 0 aliphatic carbocycles. The molecule has 1 aliphatic heterocycles. The minimum atomic E-state index is 0.501. The number of morpholine rings is 1. The standard InChI is InChI=1S/C15H26N4O2.C8H9N.2C2H6/c1-3-19(4-2)15-12-13(11-14(16)17-15)21-10-7-18-5-8-20-9-6-18;1-7-3-2-4-8(5-7)6-9;2*1-2/h11-12H,3-10H2,1-2H3,(H2,16,17);2-6,9H,1H3;2*1-2H3. The Morgan fingerprint density at radius 3 is 2.26 bits per heavy atom. The topological polar surface area (TPSA) is 87.7 Å². The Morgan fingerprint density at radius 1 is 1.09 bits per heavy atom. The van der Waals surface area contributed by atoms with Gasteiger partial charge in [-0.05, 0) is 26.3 Å². The number of benzene rings is 1. The van der Waals surface area contributed by atoms with Crippen molar-refractivity contribution < 1.29 is 9.47 Å². The third kappa shape index (κ3) is 12.6. The summed E-state index contributed by atoms with van der Waals surface area (Å²) in [7, 11) is 0. The lowest BCUT2D eigenvalue weighted by atomic mass is 10.2. The van der Waals surface area contributed by atoms with Crippen LogP contribution in [0.2, 0.25) is 0 Å². The van der Waals surface area contributed by atoms with Gasteiger partial charge in [0.15, 0.2) is 0 Å². The second-order valence-electron chi connectivity index (χ2n) is 7.12. The van der Waals surface area contributed by atoms with Gasteiger partial charge >= 0.3 is 0 Å². The molecule has 0 radical (unpaired) electrons. The fraction of sp³-hybridized carbons (Fsp3) is 0.556. The van der Waals surface area contributed by atoms with E-state index in [1.807, 2.05) is 65.0 Å².